The summed E-state index contributed by atoms with van der Waals surface area (Å²) in [6, 6.07) is 1.22. The van der Waals surface area contributed by atoms with E-state index in [0.29, 0.717) is 12.0 Å². The molecule has 0 radical (unpaired) electrons. The van der Waals surface area contributed by atoms with Crippen molar-refractivity contribution in [1.29, 1.82) is 0 Å². The molecule has 0 aliphatic heterocycles. The average molecular weight is 269 g/mol. The number of carbonyl (C=O) groups is 2. The maximum absolute atomic E-state index is 12.1. The lowest BCUT2D eigenvalue weighted by atomic mass is 10.1. The summed E-state index contributed by atoms with van der Waals surface area (Å²) in [6.07, 6.45) is -0.0218. The lowest BCUT2D eigenvalue weighted by Gasteiger charge is -2.22. The number of hydrogen-bond donors (Lipinski definition) is 1. The van der Waals surface area contributed by atoms with Gasteiger partial charge < -0.3 is 10.1 Å². The maximum Gasteiger partial charge on any atom is 0.408 e. The zero-order chi connectivity index (χ0) is 13.8. The highest BCUT2D eigenvalue weighted by molar-refractivity contribution is 7.08. The van der Waals surface area contributed by atoms with Crippen LogP contribution >= 0.6 is 11.3 Å². The summed E-state index contributed by atoms with van der Waals surface area (Å²) in [4.78, 5) is 23.7. The Labute approximate surface area is 111 Å². The van der Waals surface area contributed by atoms with Crippen molar-refractivity contribution < 1.29 is 14.3 Å². The van der Waals surface area contributed by atoms with Crippen LogP contribution in [-0.2, 0) is 4.74 Å². The summed E-state index contributed by atoms with van der Waals surface area (Å²) in [5.74, 6) is -0.0791. The number of nitrogens with one attached hydrogen (secondary N) is 1. The fourth-order valence-electron chi connectivity index (χ4n) is 1.41. The molecule has 0 spiro atoms. The highest BCUT2D eigenvalue weighted by atomic mass is 32.1. The smallest absolute Gasteiger partial charge is 0.408 e. The molecule has 1 atom stereocenters. The molecule has 0 bridgehead atoms. The lowest BCUT2D eigenvalue weighted by Crippen LogP contribution is -2.43. The largest absolute Gasteiger partial charge is 0.444 e. The Morgan fingerprint density at radius 1 is 1.44 bits per heavy atom. The molecule has 1 amide bonds. The zero-order valence-electron chi connectivity index (χ0n) is 11.1. The minimum atomic E-state index is -0.562. The molecule has 0 aliphatic rings. The second-order valence-electron chi connectivity index (χ2n) is 4.98. The van der Waals surface area contributed by atoms with Crippen molar-refractivity contribution in [2.24, 2.45) is 0 Å². The van der Waals surface area contributed by atoms with Crippen LogP contribution in [-0.4, -0.2) is 23.5 Å². The summed E-state index contributed by atoms with van der Waals surface area (Å²) in [7, 11) is 0. The molecule has 4 nitrogen and oxygen atoms in total. The molecule has 1 aromatic heterocycles. The summed E-state index contributed by atoms with van der Waals surface area (Å²) in [5, 5.41) is 6.23. The number of alkyl carbamates (subject to hydrolysis) is 1. The first-order valence-electron chi connectivity index (χ1n) is 5.89. The normalized spacial score (nSPS) is 12.9. The molecule has 100 valence electrons. The van der Waals surface area contributed by atoms with Crippen LogP contribution in [0, 0.1) is 0 Å². The standard InChI is InChI=1S/C13H19NO3S/c1-5-10(11(15)9-6-7-18-8-9)14-12(16)17-13(2,3)4/h6-8,10H,5H2,1-4H3,(H,14,16)/t10-/m0/s1. The van der Waals surface area contributed by atoms with E-state index in [1.54, 1.807) is 32.2 Å². The molecule has 18 heavy (non-hydrogen) atoms. The van der Waals surface area contributed by atoms with E-state index in [2.05, 4.69) is 5.32 Å². The van der Waals surface area contributed by atoms with Crippen LogP contribution in [0.5, 0.6) is 0 Å². The van der Waals surface area contributed by atoms with E-state index in [9.17, 15) is 9.59 Å². The van der Waals surface area contributed by atoms with Gasteiger partial charge in [-0.2, -0.15) is 11.3 Å². The first-order valence-corrected chi connectivity index (χ1v) is 6.83. The van der Waals surface area contributed by atoms with Crippen molar-refractivity contribution in [2.45, 2.75) is 45.8 Å². The minimum absolute atomic E-state index is 0.0791. The molecule has 1 heterocycles. The van der Waals surface area contributed by atoms with Gasteiger partial charge in [0.25, 0.3) is 0 Å². The molecule has 0 aliphatic carbocycles. The summed E-state index contributed by atoms with van der Waals surface area (Å²) in [5.41, 5.74) is 0.0660. The van der Waals surface area contributed by atoms with E-state index in [4.69, 9.17) is 4.74 Å². The molecule has 1 aromatic rings. The molecular formula is C13H19NO3S. The van der Waals surface area contributed by atoms with Crippen molar-refractivity contribution in [3.8, 4) is 0 Å². The summed E-state index contributed by atoms with van der Waals surface area (Å²) < 4.78 is 5.14. The predicted octanol–water partition coefficient (Wildman–Crippen LogP) is 3.23. The monoisotopic (exact) mass is 269 g/mol. The third kappa shape index (κ3) is 4.49. The number of hydrogen-bond acceptors (Lipinski definition) is 4. The Morgan fingerprint density at radius 2 is 2.11 bits per heavy atom. The minimum Gasteiger partial charge on any atom is -0.444 e. The maximum atomic E-state index is 12.1. The first-order chi connectivity index (χ1) is 8.33. The van der Waals surface area contributed by atoms with Gasteiger partial charge in [-0.15, -0.1) is 0 Å². The Hall–Kier alpha value is -1.36. The fraction of sp³-hybridized carbons (Fsp3) is 0.538. The number of ether oxygens (including phenoxy) is 1. The highest BCUT2D eigenvalue weighted by Crippen LogP contribution is 2.12. The van der Waals surface area contributed by atoms with E-state index in [1.807, 2.05) is 12.3 Å². The van der Waals surface area contributed by atoms with Crippen molar-refractivity contribution in [1.82, 2.24) is 5.32 Å². The molecule has 1 N–H and O–H groups in total. The quantitative estimate of drug-likeness (QED) is 0.854. The molecular weight excluding hydrogens is 250 g/mol. The highest BCUT2D eigenvalue weighted by Gasteiger charge is 2.23. The number of Topliss-reactive ketones (excluding diaryl/α,β-unsaturated/α-hetero) is 1. The van der Waals surface area contributed by atoms with Crippen LogP contribution in [0.4, 0.5) is 4.79 Å². The van der Waals surface area contributed by atoms with Crippen molar-refractivity contribution in [3.05, 3.63) is 22.4 Å². The van der Waals surface area contributed by atoms with E-state index < -0.39 is 17.7 Å². The average Bonchev–Trinajstić information content (AvgIpc) is 2.75. The predicted molar refractivity (Wildman–Crippen MR) is 72.1 cm³/mol. The molecule has 0 aromatic carbocycles. The van der Waals surface area contributed by atoms with Gasteiger partial charge >= 0.3 is 6.09 Å². The van der Waals surface area contributed by atoms with Crippen molar-refractivity contribution in [2.75, 3.05) is 0 Å². The van der Waals surface area contributed by atoms with Gasteiger partial charge in [0.15, 0.2) is 5.78 Å². The van der Waals surface area contributed by atoms with Gasteiger partial charge in [0.05, 0.1) is 6.04 Å². The molecule has 0 unspecified atom stereocenters. The Kier molecular flexibility index (Phi) is 4.90. The van der Waals surface area contributed by atoms with E-state index >= 15 is 0 Å². The SMILES string of the molecule is CC[C@H](NC(=O)OC(C)(C)C)C(=O)c1ccsc1. The van der Waals surface area contributed by atoms with Crippen molar-refractivity contribution >= 4 is 23.2 Å². The van der Waals surface area contributed by atoms with Crippen LogP contribution in [0.25, 0.3) is 0 Å². The van der Waals surface area contributed by atoms with Gasteiger partial charge in [-0.3, -0.25) is 4.79 Å². The molecule has 0 saturated heterocycles. The van der Waals surface area contributed by atoms with Crippen LogP contribution in [0.3, 0.4) is 0 Å². The number of rotatable bonds is 4. The first kappa shape index (κ1) is 14.7. The van der Waals surface area contributed by atoms with E-state index in [-0.39, 0.29) is 5.78 Å². The van der Waals surface area contributed by atoms with Gasteiger partial charge in [-0.05, 0) is 38.6 Å². The van der Waals surface area contributed by atoms with Gasteiger partial charge in [-0.1, -0.05) is 6.92 Å². The van der Waals surface area contributed by atoms with Gasteiger partial charge in [0.1, 0.15) is 5.60 Å². The molecule has 1 rings (SSSR count). The number of ketones is 1. The van der Waals surface area contributed by atoms with Crippen molar-refractivity contribution in [3.63, 3.8) is 0 Å². The van der Waals surface area contributed by atoms with Crippen LogP contribution in [0.1, 0.15) is 44.5 Å². The van der Waals surface area contributed by atoms with Crippen LogP contribution in [0.2, 0.25) is 0 Å². The van der Waals surface area contributed by atoms with Gasteiger partial charge in [0.2, 0.25) is 0 Å². The Morgan fingerprint density at radius 3 is 2.56 bits per heavy atom. The number of thiophene rings is 1. The topological polar surface area (TPSA) is 55.4 Å². The Bertz CT molecular complexity index is 406. The molecule has 0 saturated carbocycles. The lowest BCUT2D eigenvalue weighted by molar-refractivity contribution is 0.0490. The van der Waals surface area contributed by atoms with Crippen LogP contribution < -0.4 is 5.32 Å². The molecule has 0 fully saturated rings. The van der Waals surface area contributed by atoms with Crippen LogP contribution in [0.15, 0.2) is 16.8 Å². The van der Waals surface area contributed by atoms with Gasteiger partial charge in [-0.25, -0.2) is 4.79 Å². The number of amides is 1. The fourth-order valence-corrected chi connectivity index (χ4v) is 2.05. The third-order valence-corrected chi connectivity index (χ3v) is 2.90. The molecule has 5 heteroatoms. The Balaban J connectivity index is 2.63. The van der Waals surface area contributed by atoms with E-state index in [0.717, 1.165) is 0 Å². The third-order valence-electron chi connectivity index (χ3n) is 2.22. The second kappa shape index (κ2) is 6.00. The van der Waals surface area contributed by atoms with E-state index in [1.165, 1.54) is 11.3 Å². The summed E-state index contributed by atoms with van der Waals surface area (Å²) >= 11 is 1.46. The summed E-state index contributed by atoms with van der Waals surface area (Å²) in [6.45, 7) is 7.21. The van der Waals surface area contributed by atoms with Gasteiger partial charge in [0, 0.05) is 10.9 Å². The second-order valence-corrected chi connectivity index (χ2v) is 5.76. The zero-order valence-corrected chi connectivity index (χ0v) is 12.0. The number of carbonyl (C=O) groups excluding carboxylic acids is 2.